The molecule has 218 valence electrons. The minimum Gasteiger partial charge on any atom is -0.488 e. The molecule has 3 aromatic rings. The highest BCUT2D eigenvalue weighted by Gasteiger charge is 2.33. The minimum absolute atomic E-state index is 0.00650. The Bertz CT molecular complexity index is 1590. The van der Waals surface area contributed by atoms with Gasteiger partial charge in [-0.1, -0.05) is 23.7 Å². The maximum Gasteiger partial charge on any atom is 0.407 e. The van der Waals surface area contributed by atoms with Crippen molar-refractivity contribution in [3.63, 3.8) is 0 Å². The number of aryl methyl sites for hydroxylation is 1. The van der Waals surface area contributed by atoms with Crippen molar-refractivity contribution in [2.24, 2.45) is 0 Å². The van der Waals surface area contributed by atoms with E-state index >= 15 is 0 Å². The maximum atomic E-state index is 12.9. The zero-order valence-electron chi connectivity index (χ0n) is 23.4. The number of para-hydroxylation sites is 1. The van der Waals surface area contributed by atoms with E-state index in [2.05, 4.69) is 27.5 Å². The minimum atomic E-state index is -3.55. The van der Waals surface area contributed by atoms with Gasteiger partial charge in [-0.25, -0.2) is 18.2 Å². The molecular weight excluding hydrogens is 566 g/mol. The summed E-state index contributed by atoms with van der Waals surface area (Å²) in [5.41, 5.74) is 4.57. The van der Waals surface area contributed by atoms with Gasteiger partial charge in [-0.05, 0) is 75.8 Å². The summed E-state index contributed by atoms with van der Waals surface area (Å²) in [7, 11) is -3.55. The van der Waals surface area contributed by atoms with E-state index < -0.39 is 21.2 Å². The zero-order chi connectivity index (χ0) is 29.5. The lowest BCUT2D eigenvalue weighted by atomic mass is 9.82. The van der Waals surface area contributed by atoms with Crippen LogP contribution >= 0.6 is 11.6 Å². The number of nitrogens with one attached hydrogen (secondary N) is 2. The van der Waals surface area contributed by atoms with Gasteiger partial charge in [-0.2, -0.15) is 4.98 Å². The van der Waals surface area contributed by atoms with Gasteiger partial charge in [0.05, 0.1) is 27.7 Å². The number of sulfone groups is 1. The molecule has 1 fully saturated rings. The van der Waals surface area contributed by atoms with E-state index in [9.17, 15) is 18.3 Å². The van der Waals surface area contributed by atoms with Crippen molar-refractivity contribution in [2.45, 2.75) is 69.1 Å². The standard InChI is InChI=1S/C29H34ClN5O5S/c1-16(2)41(38,39)24-8-6-5-7-22(24)32-27-21(30)15-31-28(34-27)33-23-13-17(3)25(20-14-18(4)40-26(20)23)19-9-11-35(12-10-19)29(36)37/h5-8,13,15-16,18-19H,9-12,14H2,1-4H3,(H,36,37)(H2,31,32,33,34). The number of aromatic nitrogens is 2. The number of halogens is 1. The number of piperidine rings is 1. The molecular formula is C29H34ClN5O5S. The van der Waals surface area contributed by atoms with Crippen molar-refractivity contribution in [2.75, 3.05) is 23.7 Å². The molecule has 0 saturated carbocycles. The third-order valence-corrected chi connectivity index (χ3v) is 10.2. The van der Waals surface area contributed by atoms with Crippen LogP contribution in [0.5, 0.6) is 5.75 Å². The van der Waals surface area contributed by atoms with Crippen molar-refractivity contribution >= 4 is 50.7 Å². The Morgan fingerprint density at radius 3 is 2.56 bits per heavy atom. The number of carbonyl (C=O) groups is 1. The molecule has 0 aliphatic carbocycles. The maximum absolute atomic E-state index is 12.9. The predicted octanol–water partition coefficient (Wildman–Crippen LogP) is 6.29. The van der Waals surface area contributed by atoms with Crippen LogP contribution in [0.25, 0.3) is 0 Å². The molecule has 3 N–H and O–H groups in total. The second kappa shape index (κ2) is 11.4. The summed E-state index contributed by atoms with van der Waals surface area (Å²) in [5, 5.41) is 15.4. The van der Waals surface area contributed by atoms with Crippen LogP contribution in [-0.2, 0) is 16.3 Å². The Kier molecular flexibility index (Phi) is 8.02. The van der Waals surface area contributed by atoms with Crippen LogP contribution in [-0.4, -0.2) is 58.9 Å². The second-order valence-electron chi connectivity index (χ2n) is 10.9. The van der Waals surface area contributed by atoms with E-state index in [1.165, 1.54) is 16.7 Å². The Balaban J connectivity index is 1.44. The van der Waals surface area contributed by atoms with Crippen LogP contribution < -0.4 is 15.4 Å². The predicted molar refractivity (Wildman–Crippen MR) is 159 cm³/mol. The lowest BCUT2D eigenvalue weighted by Crippen LogP contribution is -2.37. The average Bonchev–Trinajstić information content (AvgIpc) is 3.32. The summed E-state index contributed by atoms with van der Waals surface area (Å²) in [4.78, 5) is 22.0. The van der Waals surface area contributed by atoms with E-state index in [1.54, 1.807) is 38.1 Å². The smallest absolute Gasteiger partial charge is 0.407 e. The molecule has 1 atom stereocenters. The molecule has 2 aliphatic rings. The van der Waals surface area contributed by atoms with Gasteiger partial charge in [0.15, 0.2) is 15.7 Å². The van der Waals surface area contributed by atoms with Crippen molar-refractivity contribution in [1.82, 2.24) is 14.9 Å². The Labute approximate surface area is 245 Å². The van der Waals surface area contributed by atoms with Gasteiger partial charge in [0.1, 0.15) is 16.9 Å². The number of ether oxygens (including phenoxy) is 1. The van der Waals surface area contributed by atoms with Crippen LogP contribution in [0, 0.1) is 6.92 Å². The number of rotatable bonds is 7. The first-order valence-electron chi connectivity index (χ1n) is 13.7. The Morgan fingerprint density at radius 2 is 1.88 bits per heavy atom. The lowest BCUT2D eigenvalue weighted by Gasteiger charge is -2.32. The van der Waals surface area contributed by atoms with Crippen LogP contribution in [0.15, 0.2) is 41.4 Å². The fourth-order valence-corrected chi connectivity index (χ4v) is 6.95. The normalized spacial score (nSPS) is 17.3. The van der Waals surface area contributed by atoms with Crippen molar-refractivity contribution in [3.05, 3.63) is 58.2 Å². The number of fused-ring (bicyclic) bond motifs is 1. The van der Waals surface area contributed by atoms with Crippen molar-refractivity contribution in [3.8, 4) is 5.75 Å². The molecule has 2 aliphatic heterocycles. The summed E-state index contributed by atoms with van der Waals surface area (Å²) >= 11 is 6.42. The number of amides is 1. The number of likely N-dealkylation sites (tertiary alicyclic amines) is 1. The first-order chi connectivity index (χ1) is 19.5. The molecule has 1 amide bonds. The van der Waals surface area contributed by atoms with Gasteiger partial charge in [0.2, 0.25) is 5.95 Å². The van der Waals surface area contributed by atoms with E-state index in [0.717, 1.165) is 41.8 Å². The molecule has 41 heavy (non-hydrogen) atoms. The molecule has 1 unspecified atom stereocenters. The molecule has 0 radical (unpaired) electrons. The lowest BCUT2D eigenvalue weighted by molar-refractivity contribution is 0.132. The van der Waals surface area contributed by atoms with Gasteiger partial charge < -0.3 is 25.4 Å². The summed E-state index contributed by atoms with van der Waals surface area (Å²) in [6, 6.07) is 8.67. The van der Waals surface area contributed by atoms with Gasteiger partial charge in [0.25, 0.3) is 0 Å². The number of hydrogen-bond donors (Lipinski definition) is 3. The molecule has 1 saturated heterocycles. The summed E-state index contributed by atoms with van der Waals surface area (Å²) in [6.45, 7) is 8.40. The highest BCUT2D eigenvalue weighted by Crippen LogP contribution is 2.46. The van der Waals surface area contributed by atoms with Gasteiger partial charge in [-0.3, -0.25) is 0 Å². The van der Waals surface area contributed by atoms with Crippen LogP contribution in [0.3, 0.4) is 0 Å². The fourth-order valence-electron chi connectivity index (χ4n) is 5.61. The first-order valence-corrected chi connectivity index (χ1v) is 15.6. The zero-order valence-corrected chi connectivity index (χ0v) is 25.0. The molecule has 0 spiro atoms. The van der Waals surface area contributed by atoms with Gasteiger partial charge >= 0.3 is 6.09 Å². The topological polar surface area (TPSA) is 134 Å². The van der Waals surface area contributed by atoms with Crippen LogP contribution in [0.2, 0.25) is 5.02 Å². The average molecular weight is 600 g/mol. The number of nitrogens with zero attached hydrogens (tertiary/aromatic N) is 3. The molecule has 2 aromatic carbocycles. The monoisotopic (exact) mass is 599 g/mol. The second-order valence-corrected chi connectivity index (χ2v) is 13.7. The Hall–Kier alpha value is -3.57. The quantitative estimate of drug-likeness (QED) is 0.286. The third kappa shape index (κ3) is 5.78. The summed E-state index contributed by atoms with van der Waals surface area (Å²) < 4.78 is 32.1. The van der Waals surface area contributed by atoms with Crippen molar-refractivity contribution < 1.29 is 23.1 Å². The molecule has 10 nitrogen and oxygen atoms in total. The number of hydrogen-bond acceptors (Lipinski definition) is 8. The SMILES string of the molecule is Cc1cc(Nc2ncc(Cl)c(Nc3ccccc3S(=O)(=O)C(C)C)n2)c2c(c1C1CCN(C(=O)O)CC1)CC(C)O2. The Morgan fingerprint density at radius 1 is 1.17 bits per heavy atom. The first kappa shape index (κ1) is 28.9. The van der Waals surface area contributed by atoms with Gasteiger partial charge in [0, 0.05) is 25.1 Å². The number of benzene rings is 2. The highest BCUT2D eigenvalue weighted by atomic mass is 35.5. The van der Waals surface area contributed by atoms with E-state index in [0.29, 0.717) is 18.8 Å². The largest absolute Gasteiger partial charge is 0.488 e. The van der Waals surface area contributed by atoms with Gasteiger partial charge in [-0.15, -0.1) is 0 Å². The molecule has 0 bridgehead atoms. The molecule has 3 heterocycles. The third-order valence-electron chi connectivity index (χ3n) is 7.67. The molecule has 12 heteroatoms. The fraction of sp³-hybridized carbons (Fsp3) is 0.414. The van der Waals surface area contributed by atoms with E-state index in [1.807, 2.05) is 13.0 Å². The number of carboxylic acid groups (broad SMARTS) is 1. The van der Waals surface area contributed by atoms with Crippen LogP contribution in [0.1, 0.15) is 56.2 Å². The molecule has 1 aromatic heterocycles. The van der Waals surface area contributed by atoms with Crippen molar-refractivity contribution in [1.29, 1.82) is 0 Å². The summed E-state index contributed by atoms with van der Waals surface area (Å²) in [5.74, 6) is 1.54. The van der Waals surface area contributed by atoms with E-state index in [-0.39, 0.29) is 33.7 Å². The van der Waals surface area contributed by atoms with Crippen LogP contribution in [0.4, 0.5) is 27.9 Å². The van der Waals surface area contributed by atoms with E-state index in [4.69, 9.17) is 16.3 Å². The summed E-state index contributed by atoms with van der Waals surface area (Å²) in [6.07, 6.45) is 2.88. The number of anilines is 4. The highest BCUT2D eigenvalue weighted by molar-refractivity contribution is 7.92. The molecule has 5 rings (SSSR count).